The average molecular weight is 398 g/mol. The topological polar surface area (TPSA) is 66.8 Å². The van der Waals surface area contributed by atoms with Gasteiger partial charge in [-0.25, -0.2) is 9.50 Å². The summed E-state index contributed by atoms with van der Waals surface area (Å²) in [4.78, 5) is 6.50. The summed E-state index contributed by atoms with van der Waals surface area (Å²) in [6, 6.07) is 23.5. The lowest BCUT2D eigenvalue weighted by molar-refractivity contribution is 0.169. The van der Waals surface area contributed by atoms with Crippen LogP contribution in [0.3, 0.4) is 0 Å². The second kappa shape index (κ2) is 7.65. The zero-order chi connectivity index (χ0) is 20.5. The molecule has 1 N–H and O–H groups in total. The molecule has 0 saturated heterocycles. The predicted molar refractivity (Wildman–Crippen MR) is 117 cm³/mol. The van der Waals surface area contributed by atoms with E-state index in [1.807, 2.05) is 84.7 Å². The molecule has 0 amide bonds. The Morgan fingerprint density at radius 2 is 1.83 bits per heavy atom. The Morgan fingerprint density at radius 1 is 1.03 bits per heavy atom. The van der Waals surface area contributed by atoms with E-state index in [0.29, 0.717) is 13.0 Å². The van der Waals surface area contributed by atoms with Crippen LogP contribution in [0.15, 0.2) is 83.4 Å². The Hall–Kier alpha value is -3.64. The Bertz CT molecular complexity index is 1260. The van der Waals surface area contributed by atoms with Crippen LogP contribution in [0.4, 0.5) is 5.82 Å². The summed E-state index contributed by atoms with van der Waals surface area (Å²) >= 11 is 0. The maximum Gasteiger partial charge on any atom is 0.155 e. The molecule has 0 radical (unpaired) electrons. The normalized spacial score (nSPS) is 12.5. The van der Waals surface area contributed by atoms with Gasteiger partial charge >= 0.3 is 0 Å². The van der Waals surface area contributed by atoms with Crippen molar-refractivity contribution in [1.29, 1.82) is 0 Å². The zero-order valence-corrected chi connectivity index (χ0v) is 16.6. The quantitative estimate of drug-likeness (QED) is 0.449. The number of fused-ring (bicyclic) bond motifs is 2. The highest BCUT2D eigenvalue weighted by Gasteiger charge is 2.15. The van der Waals surface area contributed by atoms with Crippen molar-refractivity contribution < 1.29 is 9.52 Å². The van der Waals surface area contributed by atoms with Crippen molar-refractivity contribution in [3.63, 3.8) is 0 Å². The third-order valence-electron chi connectivity index (χ3n) is 5.34. The van der Waals surface area contributed by atoms with Gasteiger partial charge in [-0.05, 0) is 36.2 Å². The molecule has 30 heavy (non-hydrogen) atoms. The molecule has 5 rings (SSSR count). The number of hydrogen-bond acceptors (Lipinski definition) is 5. The van der Waals surface area contributed by atoms with E-state index >= 15 is 0 Å². The smallest absolute Gasteiger partial charge is 0.155 e. The van der Waals surface area contributed by atoms with Crippen LogP contribution in [0, 0.1) is 0 Å². The summed E-state index contributed by atoms with van der Waals surface area (Å²) < 4.78 is 7.80. The van der Waals surface area contributed by atoms with Crippen LogP contribution >= 0.6 is 0 Å². The monoisotopic (exact) mass is 398 g/mol. The van der Waals surface area contributed by atoms with E-state index in [1.165, 1.54) is 0 Å². The van der Waals surface area contributed by atoms with E-state index in [-0.39, 0.29) is 0 Å². The number of para-hydroxylation sites is 1. The first-order valence-electron chi connectivity index (χ1n) is 9.97. The van der Waals surface area contributed by atoms with Gasteiger partial charge in [-0.15, -0.1) is 5.10 Å². The lowest BCUT2D eigenvalue weighted by atomic mass is 10.1. The van der Waals surface area contributed by atoms with Crippen LogP contribution < -0.4 is 4.90 Å². The molecule has 0 aliphatic heterocycles. The largest absolute Gasteiger partial charge is 0.454 e. The molecule has 6 nitrogen and oxygen atoms in total. The standard InChI is InChI=1S/C24H22N4O2/c1-27(14-13-20(29)17-7-3-2-4-8-17)24-12-11-23-25-16-19(28(23)26-24)22-15-18-9-5-6-10-21(18)30-22/h2-12,15-16,20,29H,13-14H2,1H3. The first-order valence-corrected chi connectivity index (χ1v) is 9.97. The molecule has 0 fully saturated rings. The van der Waals surface area contributed by atoms with Gasteiger partial charge in [0.2, 0.25) is 0 Å². The first kappa shape index (κ1) is 18.4. The molecule has 150 valence electrons. The number of benzene rings is 2. The molecule has 5 aromatic rings. The van der Waals surface area contributed by atoms with Gasteiger partial charge in [0, 0.05) is 19.0 Å². The number of furan rings is 1. The van der Waals surface area contributed by atoms with E-state index in [4.69, 9.17) is 9.52 Å². The minimum absolute atomic E-state index is 0.503. The molecule has 0 bridgehead atoms. The van der Waals surface area contributed by atoms with Crippen LogP contribution in [0.5, 0.6) is 0 Å². The fourth-order valence-corrected chi connectivity index (χ4v) is 3.62. The molecular formula is C24H22N4O2. The van der Waals surface area contributed by atoms with Crippen molar-refractivity contribution in [2.24, 2.45) is 0 Å². The lowest BCUT2D eigenvalue weighted by Gasteiger charge is -2.20. The molecule has 3 aromatic heterocycles. The van der Waals surface area contributed by atoms with E-state index < -0.39 is 6.10 Å². The number of rotatable bonds is 6. The highest BCUT2D eigenvalue weighted by molar-refractivity contribution is 5.82. The lowest BCUT2D eigenvalue weighted by Crippen LogP contribution is -2.22. The van der Waals surface area contributed by atoms with Gasteiger partial charge in [0.1, 0.15) is 17.1 Å². The molecule has 0 aliphatic carbocycles. The van der Waals surface area contributed by atoms with Gasteiger partial charge in [-0.3, -0.25) is 0 Å². The predicted octanol–water partition coefficient (Wildman–Crippen LogP) is 4.70. The minimum atomic E-state index is -0.503. The van der Waals surface area contributed by atoms with E-state index in [9.17, 15) is 5.11 Å². The Balaban J connectivity index is 1.39. The molecule has 1 unspecified atom stereocenters. The maximum absolute atomic E-state index is 10.4. The summed E-state index contributed by atoms with van der Waals surface area (Å²) in [6.45, 7) is 0.670. The minimum Gasteiger partial charge on any atom is -0.454 e. The number of anilines is 1. The first-order chi connectivity index (χ1) is 14.7. The fourth-order valence-electron chi connectivity index (χ4n) is 3.62. The van der Waals surface area contributed by atoms with Crippen molar-refractivity contribution in [1.82, 2.24) is 14.6 Å². The van der Waals surface area contributed by atoms with Gasteiger partial charge in [0.05, 0.1) is 12.3 Å². The summed E-state index contributed by atoms with van der Waals surface area (Å²) in [5, 5.41) is 16.3. The van der Waals surface area contributed by atoms with Gasteiger partial charge in [0.25, 0.3) is 0 Å². The highest BCUT2D eigenvalue weighted by atomic mass is 16.3. The van der Waals surface area contributed by atoms with Crippen molar-refractivity contribution in [2.75, 3.05) is 18.5 Å². The molecule has 0 spiro atoms. The molecule has 6 heteroatoms. The Labute approximate surface area is 174 Å². The second-order valence-corrected chi connectivity index (χ2v) is 7.39. The second-order valence-electron chi connectivity index (χ2n) is 7.39. The molecule has 3 heterocycles. The van der Waals surface area contributed by atoms with Crippen molar-refractivity contribution in [3.05, 3.63) is 84.6 Å². The molecular weight excluding hydrogens is 376 g/mol. The van der Waals surface area contributed by atoms with Crippen LogP contribution in [0.25, 0.3) is 28.1 Å². The third kappa shape index (κ3) is 3.42. The van der Waals surface area contributed by atoms with Crippen molar-refractivity contribution >= 4 is 22.4 Å². The van der Waals surface area contributed by atoms with Crippen LogP contribution in [-0.2, 0) is 0 Å². The van der Waals surface area contributed by atoms with Crippen molar-refractivity contribution in [3.8, 4) is 11.5 Å². The Kier molecular flexibility index (Phi) is 4.69. The van der Waals surface area contributed by atoms with Crippen LogP contribution in [0.2, 0.25) is 0 Å². The number of hydrogen-bond donors (Lipinski definition) is 1. The summed E-state index contributed by atoms with van der Waals surface area (Å²) in [5.74, 6) is 1.54. The maximum atomic E-state index is 10.4. The van der Waals surface area contributed by atoms with Gasteiger partial charge in [-0.1, -0.05) is 48.5 Å². The van der Waals surface area contributed by atoms with E-state index in [0.717, 1.165) is 39.5 Å². The molecule has 1 atom stereocenters. The fraction of sp³-hybridized carbons (Fsp3) is 0.167. The molecule has 0 aliphatic rings. The van der Waals surface area contributed by atoms with Crippen LogP contribution in [0.1, 0.15) is 18.1 Å². The number of aliphatic hydroxyl groups excluding tert-OH is 1. The third-order valence-corrected chi connectivity index (χ3v) is 5.34. The van der Waals surface area contributed by atoms with Crippen LogP contribution in [-0.4, -0.2) is 33.3 Å². The van der Waals surface area contributed by atoms with Gasteiger partial charge in [0.15, 0.2) is 11.4 Å². The number of aromatic nitrogens is 3. The zero-order valence-electron chi connectivity index (χ0n) is 16.6. The molecule has 2 aromatic carbocycles. The highest BCUT2D eigenvalue weighted by Crippen LogP contribution is 2.28. The summed E-state index contributed by atoms with van der Waals surface area (Å²) in [6.07, 6.45) is 1.89. The summed E-state index contributed by atoms with van der Waals surface area (Å²) in [5.41, 5.74) is 3.33. The van der Waals surface area contributed by atoms with E-state index in [1.54, 1.807) is 10.7 Å². The SMILES string of the molecule is CN(CCC(O)c1ccccc1)c1ccc2ncc(-c3cc4ccccc4o3)n2n1. The van der Waals surface area contributed by atoms with Crippen molar-refractivity contribution in [2.45, 2.75) is 12.5 Å². The van der Waals surface area contributed by atoms with E-state index in [2.05, 4.69) is 4.98 Å². The molecule has 0 saturated carbocycles. The Morgan fingerprint density at radius 3 is 2.67 bits per heavy atom. The summed E-state index contributed by atoms with van der Waals surface area (Å²) in [7, 11) is 1.98. The number of imidazole rings is 1. The number of nitrogens with zero attached hydrogens (tertiary/aromatic N) is 4. The van der Waals surface area contributed by atoms with Gasteiger partial charge < -0.3 is 14.4 Å². The average Bonchev–Trinajstić information content (AvgIpc) is 3.41. The van der Waals surface area contributed by atoms with Gasteiger partial charge in [-0.2, -0.15) is 0 Å². The number of aliphatic hydroxyl groups is 1.